The first kappa shape index (κ1) is 21.1. The Bertz CT molecular complexity index is 1170. The molecule has 0 radical (unpaired) electrons. The van der Waals surface area contributed by atoms with Crippen LogP contribution in [0.2, 0.25) is 0 Å². The monoisotopic (exact) mass is 480 g/mol. The maximum atomic E-state index is 13.1. The summed E-state index contributed by atoms with van der Waals surface area (Å²) in [6.07, 6.45) is 0. The predicted octanol–water partition coefficient (Wildman–Crippen LogP) is 5.36. The molecule has 1 atom stereocenters. The summed E-state index contributed by atoms with van der Waals surface area (Å²) in [4.78, 5) is 27.5. The van der Waals surface area contributed by atoms with E-state index in [-0.39, 0.29) is 22.6 Å². The highest BCUT2D eigenvalue weighted by Crippen LogP contribution is 2.42. The third kappa shape index (κ3) is 3.81. The number of amides is 1. The highest BCUT2D eigenvalue weighted by molar-refractivity contribution is 9.10. The summed E-state index contributed by atoms with van der Waals surface area (Å²) in [5, 5.41) is 15.1. The van der Waals surface area contributed by atoms with Gasteiger partial charge in [-0.05, 0) is 17.7 Å². The van der Waals surface area contributed by atoms with Gasteiger partial charge < -0.3 is 9.63 Å². The van der Waals surface area contributed by atoms with E-state index in [1.807, 2.05) is 39.0 Å². The van der Waals surface area contributed by atoms with Gasteiger partial charge in [0.05, 0.1) is 11.6 Å². The number of Topliss-reactive ketones (excluding diaryl/α,β-unsaturated/α-hetero) is 1. The number of carbonyl (C=O) groups is 2. The van der Waals surface area contributed by atoms with Crippen LogP contribution in [0.25, 0.3) is 5.76 Å². The number of rotatable bonds is 3. The smallest absolute Gasteiger partial charge is 0.301 e. The number of ketones is 1. The molecule has 4 rings (SSSR count). The van der Waals surface area contributed by atoms with Crippen LogP contribution in [-0.4, -0.2) is 22.0 Å². The third-order valence-electron chi connectivity index (χ3n) is 5.16. The minimum atomic E-state index is -0.841. The largest absolute Gasteiger partial charge is 0.507 e. The molecular weight excluding hydrogens is 460 g/mol. The zero-order valence-corrected chi connectivity index (χ0v) is 18.9. The molecule has 0 bridgehead atoms. The van der Waals surface area contributed by atoms with Gasteiger partial charge in [-0.3, -0.25) is 14.5 Å². The van der Waals surface area contributed by atoms with E-state index >= 15 is 0 Å². The van der Waals surface area contributed by atoms with Crippen LogP contribution in [0.3, 0.4) is 0 Å². The van der Waals surface area contributed by atoms with E-state index in [1.54, 1.807) is 42.5 Å². The number of benzene rings is 2. The lowest BCUT2D eigenvalue weighted by Gasteiger charge is -2.23. The molecule has 0 saturated carbocycles. The summed E-state index contributed by atoms with van der Waals surface area (Å²) in [6.45, 7) is 5.90. The number of aliphatic hydroxyl groups is 1. The normalized spacial score (nSPS) is 18.6. The number of hydrogen-bond acceptors (Lipinski definition) is 5. The quantitative estimate of drug-likeness (QED) is 0.309. The van der Waals surface area contributed by atoms with Crippen molar-refractivity contribution in [1.82, 2.24) is 5.16 Å². The van der Waals surface area contributed by atoms with Gasteiger partial charge in [-0.2, -0.15) is 0 Å². The van der Waals surface area contributed by atoms with Crippen LogP contribution < -0.4 is 4.90 Å². The van der Waals surface area contributed by atoms with Crippen LogP contribution in [0.1, 0.15) is 43.7 Å². The molecule has 1 amide bonds. The molecule has 7 heteroatoms. The zero-order chi connectivity index (χ0) is 22.3. The summed E-state index contributed by atoms with van der Waals surface area (Å²) in [5.41, 5.74) is 0.813. The van der Waals surface area contributed by atoms with Gasteiger partial charge in [0, 0.05) is 21.5 Å². The van der Waals surface area contributed by atoms with Crippen molar-refractivity contribution < 1.29 is 19.2 Å². The van der Waals surface area contributed by atoms with Crippen LogP contribution >= 0.6 is 15.9 Å². The number of aliphatic hydroxyl groups excluding tert-OH is 1. The Hall–Kier alpha value is -3.19. The van der Waals surface area contributed by atoms with Crippen molar-refractivity contribution in [1.29, 1.82) is 0 Å². The minimum absolute atomic E-state index is 0.0128. The first-order valence-corrected chi connectivity index (χ1v) is 10.6. The van der Waals surface area contributed by atoms with Gasteiger partial charge in [-0.25, -0.2) is 0 Å². The van der Waals surface area contributed by atoms with E-state index in [1.165, 1.54) is 4.90 Å². The van der Waals surface area contributed by atoms with Crippen LogP contribution in [0.15, 0.2) is 75.2 Å². The minimum Gasteiger partial charge on any atom is -0.507 e. The molecule has 1 aromatic heterocycles. The summed E-state index contributed by atoms with van der Waals surface area (Å²) in [6, 6.07) is 16.8. The van der Waals surface area contributed by atoms with Crippen molar-refractivity contribution in [3.63, 3.8) is 0 Å². The van der Waals surface area contributed by atoms with Gasteiger partial charge in [0.1, 0.15) is 11.5 Å². The number of aromatic nitrogens is 1. The Labute approximate surface area is 188 Å². The number of halogens is 1. The Morgan fingerprint density at radius 3 is 2.29 bits per heavy atom. The molecule has 6 nitrogen and oxygen atoms in total. The highest BCUT2D eigenvalue weighted by atomic mass is 79.9. The lowest BCUT2D eigenvalue weighted by atomic mass is 9.93. The van der Waals surface area contributed by atoms with E-state index in [0.717, 1.165) is 4.47 Å². The lowest BCUT2D eigenvalue weighted by Crippen LogP contribution is -2.29. The molecule has 31 heavy (non-hydrogen) atoms. The fraction of sp³-hybridized carbons (Fsp3) is 0.208. The predicted molar refractivity (Wildman–Crippen MR) is 121 cm³/mol. The van der Waals surface area contributed by atoms with Crippen molar-refractivity contribution in [2.75, 3.05) is 4.90 Å². The molecule has 0 spiro atoms. The molecule has 158 valence electrons. The maximum Gasteiger partial charge on any atom is 0.301 e. The van der Waals surface area contributed by atoms with Crippen LogP contribution in [0.4, 0.5) is 5.82 Å². The topological polar surface area (TPSA) is 83.6 Å². The Balaban J connectivity index is 1.92. The van der Waals surface area contributed by atoms with E-state index in [4.69, 9.17) is 4.52 Å². The van der Waals surface area contributed by atoms with Gasteiger partial charge in [0.25, 0.3) is 5.78 Å². The number of anilines is 1. The summed E-state index contributed by atoms with van der Waals surface area (Å²) >= 11 is 3.41. The van der Waals surface area contributed by atoms with Crippen LogP contribution in [0, 0.1) is 0 Å². The summed E-state index contributed by atoms with van der Waals surface area (Å²) < 4.78 is 6.32. The van der Waals surface area contributed by atoms with E-state index in [9.17, 15) is 14.7 Å². The molecule has 0 aliphatic carbocycles. The molecule has 3 aromatic rings. The molecule has 1 saturated heterocycles. The second kappa shape index (κ2) is 7.81. The Morgan fingerprint density at radius 2 is 1.71 bits per heavy atom. The second-order valence-electron chi connectivity index (χ2n) is 8.39. The zero-order valence-electron chi connectivity index (χ0n) is 17.3. The van der Waals surface area contributed by atoms with Gasteiger partial charge in [0.15, 0.2) is 5.82 Å². The van der Waals surface area contributed by atoms with Crippen molar-refractivity contribution in [2.45, 2.75) is 32.2 Å². The molecule has 2 heterocycles. The van der Waals surface area contributed by atoms with Crippen LogP contribution in [-0.2, 0) is 15.0 Å². The number of hydrogen-bond donors (Lipinski definition) is 1. The Morgan fingerprint density at radius 1 is 1.06 bits per heavy atom. The van der Waals surface area contributed by atoms with Gasteiger partial charge in [-0.1, -0.05) is 84.3 Å². The first-order valence-electron chi connectivity index (χ1n) is 9.77. The molecule has 1 aliphatic rings. The van der Waals surface area contributed by atoms with Gasteiger partial charge >= 0.3 is 5.91 Å². The fourth-order valence-corrected chi connectivity index (χ4v) is 3.78. The van der Waals surface area contributed by atoms with E-state index < -0.39 is 17.7 Å². The summed E-state index contributed by atoms with van der Waals surface area (Å²) in [7, 11) is 0. The van der Waals surface area contributed by atoms with Crippen molar-refractivity contribution in [3.05, 3.63) is 87.6 Å². The molecular formula is C24H21BrN2O4. The molecule has 1 fully saturated rings. The SMILES string of the molecule is CC(C)(C)c1cc(N2C(=O)C(=O)/C(=C(\O)c3ccccc3)C2c2ccc(Br)cc2)no1. The first-order chi connectivity index (χ1) is 14.7. The average molecular weight is 481 g/mol. The molecule has 1 unspecified atom stereocenters. The average Bonchev–Trinajstić information content (AvgIpc) is 3.33. The van der Waals surface area contributed by atoms with E-state index in [0.29, 0.717) is 16.9 Å². The highest BCUT2D eigenvalue weighted by Gasteiger charge is 2.48. The fourth-order valence-electron chi connectivity index (χ4n) is 3.51. The maximum absolute atomic E-state index is 13.1. The molecule has 1 N–H and O–H groups in total. The van der Waals surface area contributed by atoms with Gasteiger partial charge in [-0.15, -0.1) is 0 Å². The molecule has 2 aromatic carbocycles. The second-order valence-corrected chi connectivity index (χ2v) is 9.30. The lowest BCUT2D eigenvalue weighted by molar-refractivity contribution is -0.132. The number of nitrogens with zero attached hydrogens (tertiary/aromatic N) is 2. The third-order valence-corrected chi connectivity index (χ3v) is 5.69. The van der Waals surface area contributed by atoms with Crippen molar-refractivity contribution in [2.24, 2.45) is 0 Å². The number of carbonyl (C=O) groups excluding carboxylic acids is 2. The standard InChI is InChI=1S/C24H21BrN2O4/c1-24(2,3)17-13-18(26-31-17)27-20(14-9-11-16(25)12-10-14)19(22(29)23(27)30)21(28)15-7-5-4-6-8-15/h4-13,20,28H,1-3H3/b21-19-. The van der Waals surface area contributed by atoms with Crippen molar-refractivity contribution in [3.8, 4) is 0 Å². The van der Waals surface area contributed by atoms with E-state index in [2.05, 4.69) is 21.1 Å². The Kier molecular flexibility index (Phi) is 5.31. The van der Waals surface area contributed by atoms with Crippen molar-refractivity contribution >= 4 is 39.2 Å². The van der Waals surface area contributed by atoms with Crippen LogP contribution in [0.5, 0.6) is 0 Å². The molecule has 1 aliphatic heterocycles. The summed E-state index contributed by atoms with van der Waals surface area (Å²) in [5.74, 6) is -0.947. The van der Waals surface area contributed by atoms with Gasteiger partial charge in [0.2, 0.25) is 0 Å².